The summed E-state index contributed by atoms with van der Waals surface area (Å²) in [5, 5.41) is 10.6. The van der Waals surface area contributed by atoms with Gasteiger partial charge >= 0.3 is 0 Å². The second-order valence-electron chi connectivity index (χ2n) is 6.85. The molecule has 0 amide bonds. The molecule has 0 aromatic heterocycles. The first-order valence-corrected chi connectivity index (χ1v) is 9.78. The first-order valence-electron chi connectivity index (χ1n) is 9.78. The number of aryl methyl sites for hydroxylation is 2. The number of aliphatic hydroxyl groups excluding tert-OH is 1. The minimum absolute atomic E-state index is 0.00858. The van der Waals surface area contributed by atoms with Gasteiger partial charge in [0.2, 0.25) is 0 Å². The molecule has 0 saturated carbocycles. The third-order valence-electron chi connectivity index (χ3n) is 5.40. The standard InChI is InChI=1S/C22H25FO.C2H6/c1-5-15(6-2)21-19(24)12-17-10-8-14(4)20(22(17)21)16-9-7-13(3)18(23)11-16;1-2/h7-12,15,21,24H,5-6H2,1-4H3;1-2H3. The molecule has 1 aliphatic carbocycles. The molecular weight excluding hydrogens is 323 g/mol. The van der Waals surface area contributed by atoms with Crippen LogP contribution < -0.4 is 0 Å². The van der Waals surface area contributed by atoms with E-state index >= 15 is 0 Å². The SMILES string of the molecule is CC.CCC(CC)C1C(O)=Cc2ccc(C)c(-c3ccc(C)c(F)c3)c21. The Hall–Kier alpha value is -2.09. The monoisotopic (exact) mass is 354 g/mol. The largest absolute Gasteiger partial charge is 0.512 e. The average molecular weight is 355 g/mol. The summed E-state index contributed by atoms with van der Waals surface area (Å²) in [5.74, 6) is 0.657. The molecule has 1 atom stereocenters. The lowest BCUT2D eigenvalue weighted by molar-refractivity contribution is 0.313. The van der Waals surface area contributed by atoms with Gasteiger partial charge in [0.15, 0.2) is 0 Å². The van der Waals surface area contributed by atoms with Crippen LogP contribution in [0.3, 0.4) is 0 Å². The summed E-state index contributed by atoms with van der Waals surface area (Å²) in [6, 6.07) is 9.57. The number of hydrogen-bond donors (Lipinski definition) is 1. The number of aliphatic hydroxyl groups is 1. The topological polar surface area (TPSA) is 20.2 Å². The third kappa shape index (κ3) is 3.56. The highest BCUT2D eigenvalue weighted by atomic mass is 19.1. The summed E-state index contributed by atoms with van der Waals surface area (Å²) in [6.45, 7) is 12.2. The number of allylic oxidation sites excluding steroid dienone is 1. The fourth-order valence-electron chi connectivity index (χ4n) is 3.97. The Bertz CT molecular complexity index is 800. The Balaban J connectivity index is 0.00000117. The van der Waals surface area contributed by atoms with Crippen LogP contribution in [-0.4, -0.2) is 5.11 Å². The summed E-state index contributed by atoms with van der Waals surface area (Å²) in [6.07, 6.45) is 3.90. The molecule has 2 aromatic rings. The molecule has 0 heterocycles. The van der Waals surface area contributed by atoms with Gasteiger partial charge in [0.05, 0.1) is 0 Å². The van der Waals surface area contributed by atoms with Crippen LogP contribution in [0.5, 0.6) is 0 Å². The van der Waals surface area contributed by atoms with Crippen molar-refractivity contribution in [2.24, 2.45) is 5.92 Å². The van der Waals surface area contributed by atoms with E-state index < -0.39 is 0 Å². The molecule has 1 unspecified atom stereocenters. The fourth-order valence-corrected chi connectivity index (χ4v) is 3.97. The van der Waals surface area contributed by atoms with Gasteiger partial charge in [-0.2, -0.15) is 0 Å². The summed E-state index contributed by atoms with van der Waals surface area (Å²) in [4.78, 5) is 0. The van der Waals surface area contributed by atoms with Crippen LogP contribution in [-0.2, 0) is 0 Å². The van der Waals surface area contributed by atoms with Crippen LogP contribution in [0.25, 0.3) is 17.2 Å². The fraction of sp³-hybridized carbons (Fsp3) is 0.417. The number of hydrogen-bond acceptors (Lipinski definition) is 1. The van der Waals surface area contributed by atoms with Crippen LogP contribution in [0.4, 0.5) is 4.39 Å². The van der Waals surface area contributed by atoms with Gasteiger partial charge in [0, 0.05) is 5.92 Å². The summed E-state index contributed by atoms with van der Waals surface area (Å²) < 4.78 is 14.2. The van der Waals surface area contributed by atoms with E-state index in [0.717, 1.165) is 40.7 Å². The van der Waals surface area contributed by atoms with Crippen molar-refractivity contribution in [1.82, 2.24) is 0 Å². The molecular formula is C24H31FO. The Kier molecular flexibility index (Phi) is 6.63. The van der Waals surface area contributed by atoms with Crippen molar-refractivity contribution in [3.05, 3.63) is 64.2 Å². The normalized spacial score (nSPS) is 15.4. The molecule has 0 aliphatic heterocycles. The van der Waals surface area contributed by atoms with Crippen molar-refractivity contribution >= 4 is 6.08 Å². The van der Waals surface area contributed by atoms with Crippen molar-refractivity contribution in [3.8, 4) is 11.1 Å². The average Bonchev–Trinajstić information content (AvgIpc) is 2.97. The lowest BCUT2D eigenvalue weighted by Gasteiger charge is -2.26. The van der Waals surface area contributed by atoms with E-state index in [2.05, 4.69) is 32.9 Å². The van der Waals surface area contributed by atoms with Gasteiger partial charge in [-0.15, -0.1) is 0 Å². The molecule has 0 bridgehead atoms. The number of benzene rings is 2. The van der Waals surface area contributed by atoms with Gasteiger partial charge in [0.25, 0.3) is 0 Å². The highest BCUT2D eigenvalue weighted by Gasteiger charge is 2.33. The maximum absolute atomic E-state index is 14.2. The van der Waals surface area contributed by atoms with E-state index in [-0.39, 0.29) is 11.7 Å². The molecule has 0 fully saturated rings. The lowest BCUT2D eigenvalue weighted by Crippen LogP contribution is -2.13. The number of halogens is 1. The van der Waals surface area contributed by atoms with Gasteiger partial charge in [-0.3, -0.25) is 0 Å². The second-order valence-corrected chi connectivity index (χ2v) is 6.85. The molecule has 0 spiro atoms. The lowest BCUT2D eigenvalue weighted by atomic mass is 9.79. The highest BCUT2D eigenvalue weighted by molar-refractivity contribution is 5.80. The van der Waals surface area contributed by atoms with Gasteiger partial charge < -0.3 is 5.11 Å². The van der Waals surface area contributed by atoms with Crippen molar-refractivity contribution < 1.29 is 9.50 Å². The van der Waals surface area contributed by atoms with Gasteiger partial charge in [-0.05, 0) is 65.3 Å². The molecule has 3 rings (SSSR count). The summed E-state index contributed by atoms with van der Waals surface area (Å²) in [5.41, 5.74) is 5.96. The molecule has 26 heavy (non-hydrogen) atoms. The highest BCUT2D eigenvalue weighted by Crippen LogP contribution is 2.47. The maximum atomic E-state index is 14.2. The zero-order chi connectivity index (χ0) is 19.4. The zero-order valence-electron chi connectivity index (χ0n) is 16.9. The van der Waals surface area contributed by atoms with Crippen molar-refractivity contribution in [1.29, 1.82) is 0 Å². The molecule has 140 valence electrons. The Labute approximate surface area is 157 Å². The minimum atomic E-state index is -0.182. The van der Waals surface area contributed by atoms with E-state index in [1.165, 1.54) is 0 Å². The van der Waals surface area contributed by atoms with Crippen LogP contribution in [0.1, 0.15) is 68.7 Å². The number of fused-ring (bicyclic) bond motifs is 1. The van der Waals surface area contributed by atoms with Gasteiger partial charge in [0.1, 0.15) is 11.6 Å². The van der Waals surface area contributed by atoms with E-state index in [1.54, 1.807) is 13.0 Å². The second kappa shape index (κ2) is 8.53. The van der Waals surface area contributed by atoms with E-state index in [0.29, 0.717) is 17.2 Å². The first-order chi connectivity index (χ1) is 12.5. The third-order valence-corrected chi connectivity index (χ3v) is 5.40. The molecule has 0 radical (unpaired) electrons. The van der Waals surface area contributed by atoms with Crippen molar-refractivity contribution in [2.45, 2.75) is 60.3 Å². The smallest absolute Gasteiger partial charge is 0.126 e. The van der Waals surface area contributed by atoms with Crippen LogP contribution in [0.15, 0.2) is 36.1 Å². The van der Waals surface area contributed by atoms with E-state index in [1.807, 2.05) is 32.1 Å². The molecule has 2 aromatic carbocycles. The Morgan fingerprint density at radius 3 is 2.19 bits per heavy atom. The minimum Gasteiger partial charge on any atom is -0.512 e. The van der Waals surface area contributed by atoms with Crippen molar-refractivity contribution in [3.63, 3.8) is 0 Å². The molecule has 1 aliphatic rings. The van der Waals surface area contributed by atoms with Crippen LogP contribution in [0.2, 0.25) is 0 Å². The Morgan fingerprint density at radius 2 is 1.62 bits per heavy atom. The molecule has 0 saturated heterocycles. The van der Waals surface area contributed by atoms with Gasteiger partial charge in [-0.1, -0.05) is 64.8 Å². The van der Waals surface area contributed by atoms with Crippen LogP contribution >= 0.6 is 0 Å². The van der Waals surface area contributed by atoms with Crippen molar-refractivity contribution in [2.75, 3.05) is 0 Å². The molecule has 1 nitrogen and oxygen atoms in total. The van der Waals surface area contributed by atoms with Crippen LogP contribution in [0, 0.1) is 25.6 Å². The quantitative estimate of drug-likeness (QED) is 0.600. The first kappa shape index (κ1) is 20.2. The summed E-state index contributed by atoms with van der Waals surface area (Å²) in [7, 11) is 0. The zero-order valence-corrected chi connectivity index (χ0v) is 16.9. The van der Waals surface area contributed by atoms with E-state index in [9.17, 15) is 9.50 Å². The molecule has 2 heteroatoms. The molecule has 1 N–H and O–H groups in total. The van der Waals surface area contributed by atoms with Gasteiger partial charge in [-0.25, -0.2) is 4.39 Å². The predicted octanol–water partition coefficient (Wildman–Crippen LogP) is 7.57. The summed E-state index contributed by atoms with van der Waals surface area (Å²) >= 11 is 0. The predicted molar refractivity (Wildman–Crippen MR) is 110 cm³/mol. The number of rotatable bonds is 4. The van der Waals surface area contributed by atoms with E-state index in [4.69, 9.17) is 0 Å². The Morgan fingerprint density at radius 1 is 1.00 bits per heavy atom. The maximum Gasteiger partial charge on any atom is 0.126 e.